The molecule has 0 radical (unpaired) electrons. The Morgan fingerprint density at radius 2 is 2.08 bits per heavy atom. The van der Waals surface area contributed by atoms with E-state index in [1.807, 2.05) is 12.1 Å². The highest BCUT2D eigenvalue weighted by molar-refractivity contribution is 7.20. The zero-order chi connectivity index (χ0) is 17.4. The summed E-state index contributed by atoms with van der Waals surface area (Å²) in [5.41, 5.74) is 1.99. The first-order valence-corrected chi connectivity index (χ1v) is 9.28. The third-order valence-electron chi connectivity index (χ3n) is 4.43. The zero-order valence-corrected chi connectivity index (χ0v) is 15.0. The number of nitrogens with zero attached hydrogens (tertiary/aromatic N) is 4. The lowest BCUT2D eigenvalue weighted by atomic mass is 10.1. The van der Waals surface area contributed by atoms with Crippen LogP contribution < -0.4 is 4.90 Å². The topological polar surface area (TPSA) is 78.8 Å². The molecule has 0 spiro atoms. The van der Waals surface area contributed by atoms with Crippen molar-refractivity contribution in [3.8, 4) is 0 Å². The number of aromatic nitrogens is 2. The average molecular weight is 381 g/mol. The number of hydrogen-bond acceptors (Lipinski definition) is 6. The third kappa shape index (κ3) is 3.29. The van der Waals surface area contributed by atoms with E-state index in [-0.39, 0.29) is 5.28 Å². The SMILES string of the molecule is O=C(O)N1CC=C(c2cc3nc(Cl)nc(N4CCOCC4)c3s2)CC1. The predicted octanol–water partition coefficient (Wildman–Crippen LogP) is 2.95. The first-order chi connectivity index (χ1) is 12.1. The fourth-order valence-corrected chi connectivity index (χ4v) is 4.45. The molecule has 25 heavy (non-hydrogen) atoms. The Kier molecular flexibility index (Phi) is 4.49. The molecule has 4 heterocycles. The lowest BCUT2D eigenvalue weighted by Gasteiger charge is -2.28. The van der Waals surface area contributed by atoms with Crippen molar-refractivity contribution in [2.45, 2.75) is 6.42 Å². The average Bonchev–Trinajstić information content (AvgIpc) is 3.05. The second-order valence-corrected chi connectivity index (χ2v) is 7.34. The van der Waals surface area contributed by atoms with E-state index >= 15 is 0 Å². The van der Waals surface area contributed by atoms with Crippen LogP contribution in [0.25, 0.3) is 15.8 Å². The minimum absolute atomic E-state index is 0.244. The highest BCUT2D eigenvalue weighted by atomic mass is 35.5. The van der Waals surface area contributed by atoms with Crippen molar-refractivity contribution in [1.29, 1.82) is 0 Å². The lowest BCUT2D eigenvalue weighted by molar-refractivity contribution is 0.122. The molecule has 2 aromatic heterocycles. The normalized spacial score (nSPS) is 18.5. The van der Waals surface area contributed by atoms with E-state index in [1.54, 1.807) is 11.3 Å². The van der Waals surface area contributed by atoms with Crippen molar-refractivity contribution in [2.75, 3.05) is 44.3 Å². The van der Waals surface area contributed by atoms with Crippen LogP contribution >= 0.6 is 22.9 Å². The Bertz CT molecular complexity index is 847. The summed E-state index contributed by atoms with van der Waals surface area (Å²) in [5, 5.41) is 9.31. The number of ether oxygens (including phenoxy) is 1. The smallest absolute Gasteiger partial charge is 0.407 e. The largest absolute Gasteiger partial charge is 0.465 e. The van der Waals surface area contributed by atoms with Crippen LogP contribution in [0.1, 0.15) is 11.3 Å². The van der Waals surface area contributed by atoms with Crippen molar-refractivity contribution >= 4 is 50.6 Å². The molecule has 0 saturated carbocycles. The number of halogens is 1. The van der Waals surface area contributed by atoms with Gasteiger partial charge in [-0.3, -0.25) is 0 Å². The Morgan fingerprint density at radius 1 is 1.28 bits per heavy atom. The van der Waals surface area contributed by atoms with Crippen molar-refractivity contribution in [3.05, 3.63) is 22.3 Å². The van der Waals surface area contributed by atoms with Crippen LogP contribution in [0.2, 0.25) is 5.28 Å². The van der Waals surface area contributed by atoms with E-state index in [9.17, 15) is 4.79 Å². The van der Waals surface area contributed by atoms with Crippen LogP contribution in [0, 0.1) is 0 Å². The van der Waals surface area contributed by atoms with Gasteiger partial charge in [0.05, 0.1) is 23.4 Å². The highest BCUT2D eigenvalue weighted by Crippen LogP contribution is 2.37. The maximum absolute atomic E-state index is 11.0. The van der Waals surface area contributed by atoms with Gasteiger partial charge in [0.25, 0.3) is 0 Å². The summed E-state index contributed by atoms with van der Waals surface area (Å²) in [7, 11) is 0. The molecule has 2 aliphatic rings. The van der Waals surface area contributed by atoms with Gasteiger partial charge >= 0.3 is 6.09 Å². The van der Waals surface area contributed by atoms with Gasteiger partial charge in [0.1, 0.15) is 0 Å². The van der Waals surface area contributed by atoms with E-state index in [0.29, 0.717) is 32.7 Å². The van der Waals surface area contributed by atoms with Gasteiger partial charge in [-0.05, 0) is 29.7 Å². The fraction of sp³-hybridized carbons (Fsp3) is 0.438. The van der Waals surface area contributed by atoms with Crippen LogP contribution in [0.5, 0.6) is 0 Å². The monoisotopic (exact) mass is 380 g/mol. The predicted molar refractivity (Wildman–Crippen MR) is 97.6 cm³/mol. The molecule has 0 unspecified atom stereocenters. The number of thiophene rings is 1. The number of anilines is 1. The molecule has 4 rings (SSSR count). The molecule has 1 N–H and O–H groups in total. The Morgan fingerprint density at radius 3 is 2.76 bits per heavy atom. The van der Waals surface area contributed by atoms with Gasteiger partial charge in [-0.25, -0.2) is 9.78 Å². The molecule has 0 bridgehead atoms. The lowest BCUT2D eigenvalue weighted by Crippen LogP contribution is -2.36. The molecule has 9 heteroatoms. The van der Waals surface area contributed by atoms with E-state index in [2.05, 4.69) is 14.9 Å². The molecular weight excluding hydrogens is 364 g/mol. The van der Waals surface area contributed by atoms with Crippen molar-refractivity contribution in [3.63, 3.8) is 0 Å². The zero-order valence-electron chi connectivity index (χ0n) is 13.4. The van der Waals surface area contributed by atoms with E-state index in [4.69, 9.17) is 21.4 Å². The molecule has 132 valence electrons. The first kappa shape index (κ1) is 16.6. The molecule has 0 aliphatic carbocycles. The van der Waals surface area contributed by atoms with Gasteiger partial charge in [-0.2, -0.15) is 4.98 Å². The van der Waals surface area contributed by atoms with Gasteiger partial charge < -0.3 is 19.6 Å². The molecule has 1 saturated heterocycles. The summed E-state index contributed by atoms with van der Waals surface area (Å²) in [5.74, 6) is 0.859. The summed E-state index contributed by atoms with van der Waals surface area (Å²) < 4.78 is 6.43. The van der Waals surface area contributed by atoms with Crippen molar-refractivity contribution in [2.24, 2.45) is 0 Å². The molecule has 2 aliphatic heterocycles. The minimum Gasteiger partial charge on any atom is -0.465 e. The second kappa shape index (κ2) is 6.78. The van der Waals surface area contributed by atoms with Gasteiger partial charge in [-0.1, -0.05) is 6.08 Å². The number of amides is 1. The van der Waals surface area contributed by atoms with Crippen molar-refractivity contribution in [1.82, 2.24) is 14.9 Å². The summed E-state index contributed by atoms with van der Waals surface area (Å²) >= 11 is 7.77. The number of morpholine rings is 1. The minimum atomic E-state index is -0.876. The highest BCUT2D eigenvalue weighted by Gasteiger charge is 2.22. The molecule has 7 nitrogen and oxygen atoms in total. The Balaban J connectivity index is 1.69. The van der Waals surface area contributed by atoms with Gasteiger partial charge in [0, 0.05) is 31.1 Å². The van der Waals surface area contributed by atoms with Crippen LogP contribution in [-0.2, 0) is 4.74 Å². The number of rotatable bonds is 2. The molecule has 1 amide bonds. The molecule has 2 aromatic rings. The van der Waals surface area contributed by atoms with Crippen molar-refractivity contribution < 1.29 is 14.6 Å². The maximum Gasteiger partial charge on any atom is 0.407 e. The number of fused-ring (bicyclic) bond motifs is 1. The van der Waals surface area contributed by atoms with E-state index in [0.717, 1.165) is 39.6 Å². The van der Waals surface area contributed by atoms with Gasteiger partial charge in [0.15, 0.2) is 5.82 Å². The maximum atomic E-state index is 11.0. The molecular formula is C16H17ClN4O3S. The van der Waals surface area contributed by atoms with Crippen LogP contribution in [0.4, 0.5) is 10.6 Å². The first-order valence-electron chi connectivity index (χ1n) is 8.09. The van der Waals surface area contributed by atoms with Crippen LogP contribution in [-0.4, -0.2) is 65.5 Å². The Hall–Kier alpha value is -1.90. The van der Waals surface area contributed by atoms with Crippen LogP contribution in [0.3, 0.4) is 0 Å². The number of carbonyl (C=O) groups is 1. The molecule has 0 atom stereocenters. The summed E-state index contributed by atoms with van der Waals surface area (Å²) in [6.45, 7) is 3.85. The van der Waals surface area contributed by atoms with Gasteiger partial charge in [0.2, 0.25) is 5.28 Å². The van der Waals surface area contributed by atoms with Gasteiger partial charge in [-0.15, -0.1) is 11.3 Å². The molecule has 0 aromatic carbocycles. The summed E-state index contributed by atoms with van der Waals surface area (Å²) in [6.07, 6.45) is 1.80. The quantitative estimate of drug-likeness (QED) is 0.807. The number of carboxylic acid groups (broad SMARTS) is 1. The summed E-state index contributed by atoms with van der Waals surface area (Å²) in [6, 6.07) is 2.03. The fourth-order valence-electron chi connectivity index (χ4n) is 3.10. The second-order valence-electron chi connectivity index (χ2n) is 5.95. The molecule has 1 fully saturated rings. The summed E-state index contributed by atoms with van der Waals surface area (Å²) in [4.78, 5) is 24.6. The van der Waals surface area contributed by atoms with E-state index in [1.165, 1.54) is 4.90 Å². The number of hydrogen-bond donors (Lipinski definition) is 1. The van der Waals surface area contributed by atoms with E-state index < -0.39 is 6.09 Å². The third-order valence-corrected chi connectivity index (χ3v) is 5.80. The Labute approximate surface area is 153 Å². The van der Waals surface area contributed by atoms with Crippen LogP contribution in [0.15, 0.2) is 12.1 Å². The standard InChI is InChI=1S/C16H17ClN4O3S/c17-15-18-11-9-12(10-1-3-21(4-2-10)16(22)23)25-13(11)14(19-15)20-5-7-24-8-6-20/h1,9H,2-8H2,(H,22,23).